The molecule has 4 heteroatoms. The van der Waals surface area contributed by atoms with Crippen molar-refractivity contribution >= 4 is 15.7 Å². The van der Waals surface area contributed by atoms with Crippen molar-refractivity contribution in [2.24, 2.45) is 0 Å². The molecular weight excluding hydrogens is 246 g/mol. The fourth-order valence-corrected chi connectivity index (χ4v) is 2.61. The van der Waals surface area contributed by atoms with Gasteiger partial charge in [-0.25, -0.2) is 8.42 Å². The van der Waals surface area contributed by atoms with Crippen LogP contribution in [0.3, 0.4) is 0 Å². The highest BCUT2D eigenvalue weighted by atomic mass is 32.2. The van der Waals surface area contributed by atoms with E-state index < -0.39 is 10.0 Å². The first-order valence-electron chi connectivity index (χ1n) is 5.59. The van der Waals surface area contributed by atoms with Gasteiger partial charge in [0.1, 0.15) is 10.0 Å². The number of aryl methyl sites for hydroxylation is 2. The number of nitrogens with zero attached hydrogens (tertiary/aromatic N) is 1. The molecule has 0 unspecified atom stereocenters. The van der Waals surface area contributed by atoms with Crippen LogP contribution in [-0.4, -0.2) is 8.42 Å². The summed E-state index contributed by atoms with van der Waals surface area (Å²) in [6.07, 6.45) is 0. The molecule has 0 heterocycles. The maximum atomic E-state index is 12.1. The Kier molecular flexibility index (Phi) is 3.39. The summed E-state index contributed by atoms with van der Waals surface area (Å²) in [7, 11) is -3.63. The van der Waals surface area contributed by atoms with Gasteiger partial charge in [-0.15, -0.1) is 5.69 Å². The molecule has 0 N–H and O–H groups in total. The normalized spacial score (nSPS) is 11.2. The van der Waals surface area contributed by atoms with Gasteiger partial charge in [-0.3, -0.25) is 0 Å². The van der Waals surface area contributed by atoms with Crippen molar-refractivity contribution in [2.75, 3.05) is 0 Å². The van der Waals surface area contributed by atoms with Crippen LogP contribution in [-0.2, 0) is 10.0 Å². The number of hydrogen-bond acceptors (Lipinski definition) is 2. The average Bonchev–Trinajstić information content (AvgIpc) is 2.32. The second-order valence-corrected chi connectivity index (χ2v) is 5.77. The molecule has 0 aliphatic carbocycles. The molecule has 0 aromatic heterocycles. The Morgan fingerprint density at radius 2 is 1.50 bits per heavy atom. The highest BCUT2D eigenvalue weighted by Gasteiger charge is 2.04. The zero-order chi connectivity index (χ0) is 13.2. The van der Waals surface area contributed by atoms with Crippen LogP contribution in [0.2, 0.25) is 0 Å². The van der Waals surface area contributed by atoms with E-state index in [1.54, 1.807) is 36.4 Å². The lowest BCUT2D eigenvalue weighted by Gasteiger charge is -2.23. The van der Waals surface area contributed by atoms with Gasteiger partial charge in [-0.2, -0.15) is 0 Å². The van der Waals surface area contributed by atoms with Gasteiger partial charge in [0.2, 0.25) is 0 Å². The standard InChI is InChI=1S/C14H14NO2S/c1-11-7-9-13(10-8-11)18(16,17)15-14-6-4-3-5-12(14)2/h3-10H,1-2H3/q-1. The van der Waals surface area contributed by atoms with Gasteiger partial charge in [-0.05, 0) is 26.0 Å². The van der Waals surface area contributed by atoms with E-state index in [4.69, 9.17) is 0 Å². The molecule has 2 rings (SSSR count). The second-order valence-electron chi connectivity index (χ2n) is 4.17. The highest BCUT2D eigenvalue weighted by molar-refractivity contribution is 7.94. The first kappa shape index (κ1) is 12.6. The predicted molar refractivity (Wildman–Crippen MR) is 72.6 cm³/mol. The van der Waals surface area contributed by atoms with E-state index in [9.17, 15) is 8.42 Å². The van der Waals surface area contributed by atoms with Crippen LogP contribution >= 0.6 is 0 Å². The molecule has 0 fully saturated rings. The Bertz CT molecular complexity index is 646. The van der Waals surface area contributed by atoms with E-state index in [-0.39, 0.29) is 4.90 Å². The average molecular weight is 260 g/mol. The summed E-state index contributed by atoms with van der Waals surface area (Å²) in [6, 6.07) is 13.8. The van der Waals surface area contributed by atoms with Crippen molar-refractivity contribution in [3.05, 3.63) is 64.4 Å². The Morgan fingerprint density at radius 3 is 2.11 bits per heavy atom. The summed E-state index contributed by atoms with van der Waals surface area (Å²) in [5, 5.41) is 0. The lowest BCUT2D eigenvalue weighted by atomic mass is 10.2. The van der Waals surface area contributed by atoms with Crippen molar-refractivity contribution in [1.29, 1.82) is 0 Å². The molecule has 0 aliphatic heterocycles. The maximum absolute atomic E-state index is 12.1. The van der Waals surface area contributed by atoms with Crippen LogP contribution in [0.4, 0.5) is 5.69 Å². The first-order valence-corrected chi connectivity index (χ1v) is 7.03. The van der Waals surface area contributed by atoms with Crippen molar-refractivity contribution in [3.8, 4) is 0 Å². The zero-order valence-corrected chi connectivity index (χ0v) is 11.1. The molecule has 0 amide bonds. The number of rotatable bonds is 3. The van der Waals surface area contributed by atoms with Crippen LogP contribution in [0.15, 0.2) is 53.4 Å². The Morgan fingerprint density at radius 1 is 0.889 bits per heavy atom. The van der Waals surface area contributed by atoms with Gasteiger partial charge < -0.3 is 4.72 Å². The molecule has 0 radical (unpaired) electrons. The third-order valence-corrected chi connectivity index (χ3v) is 3.96. The summed E-state index contributed by atoms with van der Waals surface area (Å²) >= 11 is 0. The van der Waals surface area contributed by atoms with Crippen LogP contribution in [0.25, 0.3) is 4.72 Å². The minimum atomic E-state index is -3.63. The smallest absolute Gasteiger partial charge is 0.123 e. The Balaban J connectivity index is 2.33. The SMILES string of the molecule is Cc1ccc(S(=O)(=O)[N-]c2ccccc2C)cc1. The van der Waals surface area contributed by atoms with Gasteiger partial charge in [0.25, 0.3) is 0 Å². The summed E-state index contributed by atoms with van der Waals surface area (Å²) in [4.78, 5) is 0.219. The van der Waals surface area contributed by atoms with E-state index in [0.717, 1.165) is 11.1 Å². The summed E-state index contributed by atoms with van der Waals surface area (Å²) in [5.74, 6) is 0. The molecule has 94 valence electrons. The van der Waals surface area contributed by atoms with Gasteiger partial charge in [0.15, 0.2) is 0 Å². The molecule has 0 spiro atoms. The third kappa shape index (κ3) is 2.71. The lowest BCUT2D eigenvalue weighted by molar-refractivity contribution is 0.603. The molecule has 18 heavy (non-hydrogen) atoms. The second kappa shape index (κ2) is 4.82. The topological polar surface area (TPSA) is 48.2 Å². The van der Waals surface area contributed by atoms with Crippen LogP contribution in [0, 0.1) is 13.8 Å². The largest absolute Gasteiger partial charge is 0.572 e. The zero-order valence-electron chi connectivity index (χ0n) is 10.3. The van der Waals surface area contributed by atoms with Crippen molar-refractivity contribution in [2.45, 2.75) is 18.7 Å². The summed E-state index contributed by atoms with van der Waals surface area (Å²) in [5.41, 5.74) is 2.34. The fourth-order valence-electron chi connectivity index (χ4n) is 1.56. The lowest BCUT2D eigenvalue weighted by Crippen LogP contribution is -1.98. The number of sulfonamides is 1. The predicted octanol–water partition coefficient (Wildman–Crippen LogP) is 3.70. The van der Waals surface area contributed by atoms with Crippen LogP contribution in [0.5, 0.6) is 0 Å². The number of hydrogen-bond donors (Lipinski definition) is 0. The van der Waals surface area contributed by atoms with E-state index >= 15 is 0 Å². The van der Waals surface area contributed by atoms with Gasteiger partial charge in [-0.1, -0.05) is 47.5 Å². The fraction of sp³-hybridized carbons (Fsp3) is 0.143. The molecule has 0 atom stereocenters. The highest BCUT2D eigenvalue weighted by Crippen LogP contribution is 2.30. The molecular formula is C14H14NO2S-. The first-order chi connectivity index (χ1) is 8.49. The molecule has 0 aliphatic rings. The Labute approximate surface area is 108 Å². The van der Waals surface area contributed by atoms with E-state index in [1.807, 2.05) is 26.0 Å². The molecule has 2 aromatic rings. The molecule has 3 nitrogen and oxygen atoms in total. The minimum Gasteiger partial charge on any atom is -0.572 e. The molecule has 0 saturated carbocycles. The molecule has 0 bridgehead atoms. The van der Waals surface area contributed by atoms with Crippen LogP contribution < -0.4 is 0 Å². The monoisotopic (exact) mass is 260 g/mol. The van der Waals surface area contributed by atoms with Crippen LogP contribution in [0.1, 0.15) is 11.1 Å². The summed E-state index contributed by atoms with van der Waals surface area (Å²) < 4.78 is 28.1. The van der Waals surface area contributed by atoms with Gasteiger partial charge in [0.05, 0.1) is 4.90 Å². The van der Waals surface area contributed by atoms with E-state index in [0.29, 0.717) is 5.69 Å². The molecule has 2 aromatic carbocycles. The number of benzene rings is 2. The van der Waals surface area contributed by atoms with Crippen molar-refractivity contribution in [1.82, 2.24) is 0 Å². The minimum absolute atomic E-state index is 0.219. The summed E-state index contributed by atoms with van der Waals surface area (Å²) in [6.45, 7) is 3.75. The van der Waals surface area contributed by atoms with E-state index in [2.05, 4.69) is 4.72 Å². The van der Waals surface area contributed by atoms with Gasteiger partial charge in [0, 0.05) is 0 Å². The van der Waals surface area contributed by atoms with Crippen molar-refractivity contribution in [3.63, 3.8) is 0 Å². The Hall–Kier alpha value is -1.81. The third-order valence-electron chi connectivity index (χ3n) is 2.65. The maximum Gasteiger partial charge on any atom is 0.123 e. The van der Waals surface area contributed by atoms with E-state index in [1.165, 1.54) is 0 Å². The quantitative estimate of drug-likeness (QED) is 0.844. The van der Waals surface area contributed by atoms with Crippen molar-refractivity contribution < 1.29 is 8.42 Å². The van der Waals surface area contributed by atoms with Gasteiger partial charge >= 0.3 is 0 Å². The molecule has 0 saturated heterocycles.